The monoisotopic (exact) mass is 362 g/mol. The Bertz CT molecular complexity index is 573. The minimum Gasteiger partial charge on any atom is -0.398 e. The topological polar surface area (TPSA) is 81.4 Å². The predicted octanol–water partition coefficient (Wildman–Crippen LogP) is 2.21. The predicted molar refractivity (Wildman–Crippen MR) is 84.1 cm³/mol. The van der Waals surface area contributed by atoms with Crippen LogP contribution in [0.2, 0.25) is 0 Å². The van der Waals surface area contributed by atoms with Crippen molar-refractivity contribution in [3.63, 3.8) is 0 Å². The van der Waals surface area contributed by atoms with E-state index in [0.29, 0.717) is 28.9 Å². The van der Waals surface area contributed by atoms with Crippen LogP contribution < -0.4 is 10.5 Å². The molecule has 1 rings (SSSR count). The first-order chi connectivity index (χ1) is 9.38. The molecule has 0 radical (unpaired) electrons. The molecule has 7 heteroatoms. The summed E-state index contributed by atoms with van der Waals surface area (Å²) in [5.41, 5.74) is 6.74. The number of halogens is 1. The van der Waals surface area contributed by atoms with Crippen molar-refractivity contribution in [2.75, 3.05) is 25.5 Å². The first kappa shape index (κ1) is 17.2. The zero-order chi connectivity index (χ0) is 15.2. The van der Waals surface area contributed by atoms with Crippen LogP contribution in [0.25, 0.3) is 0 Å². The van der Waals surface area contributed by atoms with Crippen LogP contribution in [0, 0.1) is 6.92 Å². The second-order valence-corrected chi connectivity index (χ2v) is 6.82. The minimum atomic E-state index is -3.57. The lowest BCUT2D eigenvalue weighted by Gasteiger charge is -2.11. The average molecular weight is 363 g/mol. The molecule has 0 aliphatic rings. The van der Waals surface area contributed by atoms with Gasteiger partial charge in [-0.1, -0.05) is 6.08 Å². The standard InChI is InChI=1S/C13H19BrN2O3S/c1-3-4-6-19-7-5-16-20(17,18)13-9-12(15)11(14)8-10(13)2/h3,8-9,16H,1,4-7,15H2,2H3. The molecule has 1 aromatic rings. The van der Waals surface area contributed by atoms with E-state index in [4.69, 9.17) is 10.5 Å². The Kier molecular flexibility index (Phi) is 6.67. The first-order valence-corrected chi connectivity index (χ1v) is 8.40. The maximum atomic E-state index is 12.2. The highest BCUT2D eigenvalue weighted by Crippen LogP contribution is 2.26. The molecule has 0 saturated heterocycles. The Morgan fingerprint density at radius 3 is 2.80 bits per heavy atom. The molecule has 0 aliphatic heterocycles. The van der Waals surface area contributed by atoms with E-state index in [-0.39, 0.29) is 11.4 Å². The summed E-state index contributed by atoms with van der Waals surface area (Å²) in [6, 6.07) is 3.13. The van der Waals surface area contributed by atoms with E-state index in [1.54, 1.807) is 19.1 Å². The second-order valence-electron chi connectivity index (χ2n) is 4.23. The van der Waals surface area contributed by atoms with Crippen molar-refractivity contribution >= 4 is 31.6 Å². The Balaban J connectivity index is 2.65. The maximum absolute atomic E-state index is 12.2. The van der Waals surface area contributed by atoms with Gasteiger partial charge in [-0.15, -0.1) is 6.58 Å². The van der Waals surface area contributed by atoms with Gasteiger partial charge in [-0.3, -0.25) is 0 Å². The third kappa shape index (κ3) is 4.90. The van der Waals surface area contributed by atoms with Gasteiger partial charge >= 0.3 is 0 Å². The molecule has 5 nitrogen and oxygen atoms in total. The van der Waals surface area contributed by atoms with Gasteiger partial charge in [0.25, 0.3) is 0 Å². The van der Waals surface area contributed by atoms with E-state index in [9.17, 15) is 8.42 Å². The number of sulfonamides is 1. The van der Waals surface area contributed by atoms with E-state index < -0.39 is 10.0 Å². The number of hydrogen-bond acceptors (Lipinski definition) is 4. The molecule has 3 N–H and O–H groups in total. The fraction of sp³-hybridized carbons (Fsp3) is 0.385. The number of nitrogen functional groups attached to an aromatic ring is 1. The van der Waals surface area contributed by atoms with E-state index in [1.165, 1.54) is 6.07 Å². The molecule has 0 unspecified atom stereocenters. The zero-order valence-electron chi connectivity index (χ0n) is 11.4. The molecule has 0 bridgehead atoms. The summed E-state index contributed by atoms with van der Waals surface area (Å²) in [5, 5.41) is 0. The van der Waals surface area contributed by atoms with Gasteiger partial charge in [-0.05, 0) is 47.0 Å². The molecule has 1 aromatic carbocycles. The van der Waals surface area contributed by atoms with Crippen LogP contribution in [0.3, 0.4) is 0 Å². The van der Waals surface area contributed by atoms with Gasteiger partial charge in [0, 0.05) is 16.7 Å². The molecule has 0 heterocycles. The normalized spacial score (nSPS) is 11.5. The molecule has 0 aromatic heterocycles. The van der Waals surface area contributed by atoms with Crippen LogP contribution >= 0.6 is 15.9 Å². The van der Waals surface area contributed by atoms with Gasteiger partial charge in [0.05, 0.1) is 18.1 Å². The summed E-state index contributed by atoms with van der Waals surface area (Å²) in [6.45, 7) is 6.37. The molecular formula is C13H19BrN2O3S. The van der Waals surface area contributed by atoms with Gasteiger partial charge < -0.3 is 10.5 Å². The highest BCUT2D eigenvalue weighted by molar-refractivity contribution is 9.10. The summed E-state index contributed by atoms with van der Waals surface area (Å²) in [5.74, 6) is 0. The SMILES string of the molecule is C=CCCOCCNS(=O)(=O)c1cc(N)c(Br)cc1C. The van der Waals surface area contributed by atoms with Gasteiger partial charge in [-0.2, -0.15) is 0 Å². The Labute approximate surface area is 128 Å². The number of benzene rings is 1. The summed E-state index contributed by atoms with van der Waals surface area (Å²) in [4.78, 5) is 0.185. The molecule has 0 aliphatic carbocycles. The summed E-state index contributed by atoms with van der Waals surface area (Å²) in [6.07, 6.45) is 2.49. The van der Waals surface area contributed by atoms with Crippen molar-refractivity contribution in [1.82, 2.24) is 4.72 Å². The summed E-state index contributed by atoms with van der Waals surface area (Å²) < 4.78 is 32.7. The molecule has 0 amide bonds. The quantitative estimate of drug-likeness (QED) is 0.422. The molecule has 20 heavy (non-hydrogen) atoms. The minimum absolute atomic E-state index is 0.185. The van der Waals surface area contributed by atoms with Gasteiger partial charge in [0.2, 0.25) is 10.0 Å². The van der Waals surface area contributed by atoms with Crippen LogP contribution in [-0.4, -0.2) is 28.2 Å². The third-order valence-electron chi connectivity index (χ3n) is 2.59. The first-order valence-electron chi connectivity index (χ1n) is 6.12. The van der Waals surface area contributed by atoms with E-state index in [1.807, 2.05) is 0 Å². The van der Waals surface area contributed by atoms with Crippen LogP contribution in [0.5, 0.6) is 0 Å². The lowest BCUT2D eigenvalue weighted by atomic mass is 10.2. The van der Waals surface area contributed by atoms with Crippen molar-refractivity contribution in [3.8, 4) is 0 Å². The van der Waals surface area contributed by atoms with Crippen molar-refractivity contribution in [3.05, 3.63) is 34.8 Å². The molecule has 112 valence electrons. The number of nitrogens with two attached hydrogens (primary N) is 1. The molecular weight excluding hydrogens is 344 g/mol. The van der Waals surface area contributed by atoms with E-state index in [2.05, 4.69) is 27.2 Å². The van der Waals surface area contributed by atoms with Gasteiger partial charge in [0.15, 0.2) is 0 Å². The number of ether oxygens (including phenoxy) is 1. The van der Waals surface area contributed by atoms with Gasteiger partial charge in [-0.25, -0.2) is 13.1 Å². The Hall–Kier alpha value is -0.890. The second kappa shape index (κ2) is 7.78. The summed E-state index contributed by atoms with van der Waals surface area (Å²) >= 11 is 3.27. The van der Waals surface area contributed by atoms with Crippen LogP contribution in [0.1, 0.15) is 12.0 Å². The third-order valence-corrected chi connectivity index (χ3v) is 4.88. The number of hydrogen-bond donors (Lipinski definition) is 2. The zero-order valence-corrected chi connectivity index (χ0v) is 13.8. The van der Waals surface area contributed by atoms with E-state index in [0.717, 1.165) is 6.42 Å². The smallest absolute Gasteiger partial charge is 0.240 e. The maximum Gasteiger partial charge on any atom is 0.240 e. The number of nitrogens with one attached hydrogen (secondary N) is 1. The fourth-order valence-corrected chi connectivity index (χ4v) is 3.28. The van der Waals surface area contributed by atoms with Gasteiger partial charge in [0.1, 0.15) is 0 Å². The lowest BCUT2D eigenvalue weighted by molar-refractivity contribution is 0.144. The molecule has 0 saturated carbocycles. The van der Waals surface area contributed by atoms with Crippen LogP contribution in [-0.2, 0) is 14.8 Å². The average Bonchev–Trinajstić information content (AvgIpc) is 2.37. The van der Waals surface area contributed by atoms with Crippen molar-refractivity contribution in [2.24, 2.45) is 0 Å². The van der Waals surface area contributed by atoms with Crippen molar-refractivity contribution in [1.29, 1.82) is 0 Å². The summed E-state index contributed by atoms with van der Waals surface area (Å²) in [7, 11) is -3.57. The number of aryl methyl sites for hydroxylation is 1. The Morgan fingerprint density at radius 2 is 2.15 bits per heavy atom. The van der Waals surface area contributed by atoms with Crippen molar-refractivity contribution in [2.45, 2.75) is 18.2 Å². The lowest BCUT2D eigenvalue weighted by Crippen LogP contribution is -2.28. The van der Waals surface area contributed by atoms with Crippen LogP contribution in [0.4, 0.5) is 5.69 Å². The van der Waals surface area contributed by atoms with Crippen molar-refractivity contribution < 1.29 is 13.2 Å². The van der Waals surface area contributed by atoms with E-state index >= 15 is 0 Å². The fourth-order valence-electron chi connectivity index (χ4n) is 1.55. The number of anilines is 1. The highest BCUT2D eigenvalue weighted by atomic mass is 79.9. The molecule has 0 fully saturated rings. The number of rotatable bonds is 8. The molecule has 0 atom stereocenters. The highest BCUT2D eigenvalue weighted by Gasteiger charge is 2.17. The largest absolute Gasteiger partial charge is 0.398 e. The van der Waals surface area contributed by atoms with Crippen LogP contribution in [0.15, 0.2) is 34.2 Å². The molecule has 0 spiro atoms. The Morgan fingerprint density at radius 1 is 1.45 bits per heavy atom.